The van der Waals surface area contributed by atoms with E-state index < -0.39 is 17.7 Å². The summed E-state index contributed by atoms with van der Waals surface area (Å²) < 4.78 is 48.3. The molecule has 1 aliphatic heterocycles. The highest BCUT2D eigenvalue weighted by Gasteiger charge is 2.32. The number of furan rings is 1. The second-order valence-electron chi connectivity index (χ2n) is 6.04. The first-order chi connectivity index (χ1) is 12.8. The summed E-state index contributed by atoms with van der Waals surface area (Å²) in [6, 6.07) is 2.45. The number of aromatic nitrogens is 1. The zero-order chi connectivity index (χ0) is 19.6. The summed E-state index contributed by atoms with van der Waals surface area (Å²) in [6.07, 6.45) is -2.25. The van der Waals surface area contributed by atoms with Crippen molar-refractivity contribution >= 4 is 23.4 Å². The number of carbonyl (C=O) groups excluding carboxylic acids is 1. The Bertz CT molecular complexity index is 817. The van der Waals surface area contributed by atoms with Crippen LogP contribution in [0.15, 0.2) is 29.0 Å². The van der Waals surface area contributed by atoms with Gasteiger partial charge in [0.2, 0.25) is 0 Å². The van der Waals surface area contributed by atoms with Gasteiger partial charge in [0, 0.05) is 32.4 Å². The average Bonchev–Trinajstić information content (AvgIpc) is 3.09. The van der Waals surface area contributed by atoms with E-state index in [-0.39, 0.29) is 5.02 Å². The summed E-state index contributed by atoms with van der Waals surface area (Å²) in [5, 5.41) is -0.0303. The molecule has 2 aromatic heterocycles. The molecule has 0 saturated carbocycles. The third-order valence-electron chi connectivity index (χ3n) is 4.34. The van der Waals surface area contributed by atoms with Crippen LogP contribution < -0.4 is 4.90 Å². The van der Waals surface area contributed by atoms with E-state index in [4.69, 9.17) is 20.8 Å². The summed E-state index contributed by atoms with van der Waals surface area (Å²) >= 11 is 6.01. The van der Waals surface area contributed by atoms with E-state index in [0.717, 1.165) is 12.3 Å². The molecule has 0 radical (unpaired) electrons. The lowest BCUT2D eigenvalue weighted by molar-refractivity contribution is -0.137. The zero-order valence-corrected chi connectivity index (χ0v) is 15.2. The standard InChI is InChI=1S/C17H17ClF3N3O3/c1-26-16(25)12-2-7-27-14(12)10-23-3-5-24(6-4-23)15-13(18)8-11(9-22-15)17(19,20)21/h2,7-9H,3-6,10H2,1H3. The molecule has 0 atom stereocenters. The summed E-state index contributed by atoms with van der Waals surface area (Å²) in [5.41, 5.74) is -0.490. The van der Waals surface area contributed by atoms with Gasteiger partial charge in [0.15, 0.2) is 0 Å². The lowest BCUT2D eigenvalue weighted by Crippen LogP contribution is -2.46. The first kappa shape index (κ1) is 19.5. The highest BCUT2D eigenvalue weighted by Crippen LogP contribution is 2.33. The lowest BCUT2D eigenvalue weighted by atomic mass is 10.2. The second-order valence-corrected chi connectivity index (χ2v) is 6.45. The summed E-state index contributed by atoms with van der Waals surface area (Å²) in [5.74, 6) is 0.386. The molecule has 0 unspecified atom stereocenters. The van der Waals surface area contributed by atoms with Gasteiger partial charge in [0.05, 0.1) is 30.5 Å². The number of carbonyl (C=O) groups is 1. The minimum absolute atomic E-state index is 0.0303. The molecule has 1 aliphatic rings. The number of pyridine rings is 1. The van der Waals surface area contributed by atoms with Gasteiger partial charge in [-0.15, -0.1) is 0 Å². The summed E-state index contributed by atoms with van der Waals surface area (Å²) in [4.78, 5) is 19.5. The Balaban J connectivity index is 1.63. The Morgan fingerprint density at radius 3 is 2.63 bits per heavy atom. The lowest BCUT2D eigenvalue weighted by Gasteiger charge is -2.35. The number of methoxy groups -OCH3 is 1. The quantitative estimate of drug-likeness (QED) is 0.729. The molecule has 0 aromatic carbocycles. The number of hydrogen-bond donors (Lipinski definition) is 0. The van der Waals surface area contributed by atoms with Crippen molar-refractivity contribution in [3.05, 3.63) is 46.5 Å². The maximum absolute atomic E-state index is 12.7. The van der Waals surface area contributed by atoms with Crippen LogP contribution in [0.1, 0.15) is 21.7 Å². The Labute approximate surface area is 158 Å². The topological polar surface area (TPSA) is 58.8 Å². The van der Waals surface area contributed by atoms with Crippen molar-refractivity contribution in [1.82, 2.24) is 9.88 Å². The van der Waals surface area contributed by atoms with Crippen LogP contribution in [-0.2, 0) is 17.5 Å². The van der Waals surface area contributed by atoms with Crippen LogP contribution in [0.4, 0.5) is 19.0 Å². The van der Waals surface area contributed by atoms with Crippen molar-refractivity contribution in [3.63, 3.8) is 0 Å². The second kappa shape index (κ2) is 7.77. The molecular weight excluding hydrogens is 387 g/mol. The van der Waals surface area contributed by atoms with Crippen LogP contribution in [0, 0.1) is 0 Å². The Kier molecular flexibility index (Phi) is 5.61. The van der Waals surface area contributed by atoms with Gasteiger partial charge in [-0.1, -0.05) is 11.6 Å². The fourth-order valence-corrected chi connectivity index (χ4v) is 3.18. The fourth-order valence-electron chi connectivity index (χ4n) is 2.89. The van der Waals surface area contributed by atoms with E-state index in [0.29, 0.717) is 49.9 Å². The minimum Gasteiger partial charge on any atom is -0.467 e. The zero-order valence-electron chi connectivity index (χ0n) is 14.4. The first-order valence-corrected chi connectivity index (χ1v) is 8.52. The maximum Gasteiger partial charge on any atom is 0.417 e. The third kappa shape index (κ3) is 4.36. The molecule has 6 nitrogen and oxygen atoms in total. The number of hydrogen-bond acceptors (Lipinski definition) is 6. The summed E-state index contributed by atoms with van der Waals surface area (Å²) in [7, 11) is 1.30. The van der Waals surface area contributed by atoms with Gasteiger partial charge < -0.3 is 14.1 Å². The van der Waals surface area contributed by atoms with E-state index in [9.17, 15) is 18.0 Å². The number of rotatable bonds is 4. The highest BCUT2D eigenvalue weighted by molar-refractivity contribution is 6.33. The van der Waals surface area contributed by atoms with Crippen molar-refractivity contribution in [2.45, 2.75) is 12.7 Å². The van der Waals surface area contributed by atoms with Crippen LogP contribution in [-0.4, -0.2) is 49.1 Å². The molecule has 0 amide bonds. The number of alkyl halides is 3. The van der Waals surface area contributed by atoms with E-state index >= 15 is 0 Å². The molecule has 146 valence electrons. The molecule has 1 fully saturated rings. The number of halogens is 4. The Hall–Kier alpha value is -2.26. The van der Waals surface area contributed by atoms with Crippen LogP contribution in [0.2, 0.25) is 5.02 Å². The van der Waals surface area contributed by atoms with Crippen molar-refractivity contribution in [2.75, 3.05) is 38.2 Å². The number of ether oxygens (including phenoxy) is 1. The van der Waals surface area contributed by atoms with Crippen LogP contribution in [0.5, 0.6) is 0 Å². The predicted molar refractivity (Wildman–Crippen MR) is 91.8 cm³/mol. The average molecular weight is 404 g/mol. The van der Waals surface area contributed by atoms with Crippen LogP contribution in [0.3, 0.4) is 0 Å². The van der Waals surface area contributed by atoms with E-state index in [2.05, 4.69) is 9.88 Å². The SMILES string of the molecule is COC(=O)c1ccoc1CN1CCN(c2ncc(C(F)(F)F)cc2Cl)CC1. The molecule has 1 saturated heterocycles. The molecule has 0 N–H and O–H groups in total. The molecular formula is C17H17ClF3N3O3. The van der Waals surface area contributed by atoms with Crippen LogP contribution in [0.25, 0.3) is 0 Å². The van der Waals surface area contributed by atoms with Crippen molar-refractivity contribution in [3.8, 4) is 0 Å². The normalized spacial score (nSPS) is 15.8. The molecule has 0 bridgehead atoms. The monoisotopic (exact) mass is 403 g/mol. The van der Waals surface area contributed by atoms with Gasteiger partial charge in [-0.3, -0.25) is 4.90 Å². The van der Waals surface area contributed by atoms with Gasteiger partial charge in [-0.05, 0) is 12.1 Å². The maximum atomic E-state index is 12.7. The first-order valence-electron chi connectivity index (χ1n) is 8.14. The summed E-state index contributed by atoms with van der Waals surface area (Å²) in [6.45, 7) is 2.72. The van der Waals surface area contributed by atoms with Crippen LogP contribution >= 0.6 is 11.6 Å². The Morgan fingerprint density at radius 1 is 1.33 bits per heavy atom. The number of esters is 1. The molecule has 27 heavy (non-hydrogen) atoms. The highest BCUT2D eigenvalue weighted by atomic mass is 35.5. The smallest absolute Gasteiger partial charge is 0.417 e. The van der Waals surface area contributed by atoms with Gasteiger partial charge >= 0.3 is 12.1 Å². The molecule has 3 rings (SSSR count). The van der Waals surface area contributed by atoms with Gasteiger partial charge in [-0.25, -0.2) is 9.78 Å². The minimum atomic E-state index is -4.48. The van der Waals surface area contributed by atoms with E-state index in [1.807, 2.05) is 4.90 Å². The van der Waals surface area contributed by atoms with Crippen molar-refractivity contribution < 1.29 is 27.1 Å². The van der Waals surface area contributed by atoms with E-state index in [1.165, 1.54) is 13.4 Å². The Morgan fingerprint density at radius 2 is 2.04 bits per heavy atom. The van der Waals surface area contributed by atoms with Crippen molar-refractivity contribution in [2.24, 2.45) is 0 Å². The third-order valence-corrected chi connectivity index (χ3v) is 4.62. The molecule has 10 heteroatoms. The number of piperazine rings is 1. The van der Waals surface area contributed by atoms with Gasteiger partial charge in [0.1, 0.15) is 17.1 Å². The fraction of sp³-hybridized carbons (Fsp3) is 0.412. The predicted octanol–water partition coefficient (Wildman–Crippen LogP) is 3.46. The largest absolute Gasteiger partial charge is 0.467 e. The molecule has 3 heterocycles. The molecule has 0 aliphatic carbocycles. The van der Waals surface area contributed by atoms with Gasteiger partial charge in [-0.2, -0.15) is 13.2 Å². The van der Waals surface area contributed by atoms with Gasteiger partial charge in [0.25, 0.3) is 0 Å². The van der Waals surface area contributed by atoms with E-state index in [1.54, 1.807) is 6.07 Å². The number of nitrogens with zero attached hydrogens (tertiary/aromatic N) is 3. The molecule has 0 spiro atoms. The number of anilines is 1. The molecule has 2 aromatic rings. The van der Waals surface area contributed by atoms with Crippen molar-refractivity contribution in [1.29, 1.82) is 0 Å².